The molecule has 3 unspecified atom stereocenters. The topological polar surface area (TPSA) is 83.0 Å². The van der Waals surface area contributed by atoms with Crippen LogP contribution in [0.15, 0.2) is 36.5 Å². The number of nitrogens with zero attached hydrogens (tertiary/aromatic N) is 3. The van der Waals surface area contributed by atoms with Crippen molar-refractivity contribution < 1.29 is 32.6 Å². The van der Waals surface area contributed by atoms with Crippen molar-refractivity contribution in [1.29, 1.82) is 0 Å². The van der Waals surface area contributed by atoms with Crippen molar-refractivity contribution in [2.75, 3.05) is 26.2 Å². The van der Waals surface area contributed by atoms with Crippen LogP contribution in [0.3, 0.4) is 0 Å². The Hall–Kier alpha value is -2.98. The van der Waals surface area contributed by atoms with Gasteiger partial charge in [0, 0.05) is 44.0 Å². The van der Waals surface area contributed by atoms with Crippen LogP contribution in [0.5, 0.6) is 0 Å². The Kier molecular flexibility index (Phi) is 6.66. The standard InChI is InChI=1S/C29H32F3N3O4/c30-29(31,32)22-13-21-17-35(11-7-24(21)33-16-22)27(38)28-8-12-39-25(28)14-23(15-28)34-9-5-19(6-10-34)18-1-3-20(4-2-18)26(36)37/h1-4,13,16,19,23,25H,5-12,14-15,17H2,(H,36,37). The number of ether oxygens (including phenoxy) is 1. The van der Waals surface area contributed by atoms with E-state index in [9.17, 15) is 22.8 Å². The van der Waals surface area contributed by atoms with Gasteiger partial charge in [-0.1, -0.05) is 12.1 Å². The van der Waals surface area contributed by atoms with Crippen molar-refractivity contribution in [3.63, 3.8) is 0 Å². The number of hydrogen-bond donors (Lipinski definition) is 1. The zero-order chi connectivity index (χ0) is 27.4. The predicted molar refractivity (Wildman–Crippen MR) is 135 cm³/mol. The van der Waals surface area contributed by atoms with Crippen LogP contribution < -0.4 is 0 Å². The fourth-order valence-corrected chi connectivity index (χ4v) is 7.16. The molecule has 2 aromatic rings. The Labute approximate surface area is 225 Å². The number of aromatic nitrogens is 1. The summed E-state index contributed by atoms with van der Waals surface area (Å²) in [7, 11) is 0. The van der Waals surface area contributed by atoms with E-state index in [1.807, 2.05) is 12.1 Å². The maximum atomic E-state index is 14.0. The molecule has 0 bridgehead atoms. The number of rotatable bonds is 4. The first-order chi connectivity index (χ1) is 18.6. The Balaban J connectivity index is 1.12. The lowest BCUT2D eigenvalue weighted by Crippen LogP contribution is -2.48. The van der Waals surface area contributed by atoms with E-state index in [1.54, 1.807) is 17.0 Å². The van der Waals surface area contributed by atoms with Crippen molar-refractivity contribution in [2.24, 2.45) is 5.41 Å². The van der Waals surface area contributed by atoms with E-state index in [2.05, 4.69) is 9.88 Å². The lowest BCUT2D eigenvalue weighted by Gasteiger charge is -2.38. The van der Waals surface area contributed by atoms with Crippen molar-refractivity contribution >= 4 is 11.9 Å². The lowest BCUT2D eigenvalue weighted by atomic mass is 9.80. The number of carbonyl (C=O) groups excluding carboxylic acids is 1. The SMILES string of the molecule is O=C(O)c1ccc(C2CCN(C3CC4OCCC4(C(=O)N4CCc5ncc(C(F)(F)F)cc5C4)C3)CC2)cc1. The van der Waals surface area contributed by atoms with Gasteiger partial charge in [0.1, 0.15) is 0 Å². The molecule has 1 N–H and O–H groups in total. The highest BCUT2D eigenvalue weighted by Crippen LogP contribution is 2.51. The van der Waals surface area contributed by atoms with Gasteiger partial charge in [-0.3, -0.25) is 9.78 Å². The van der Waals surface area contributed by atoms with E-state index in [-0.39, 0.29) is 30.2 Å². The number of alkyl halides is 3. The molecule has 4 aliphatic rings. The average Bonchev–Trinajstić information content (AvgIpc) is 3.50. The Morgan fingerprint density at radius 2 is 1.85 bits per heavy atom. The predicted octanol–water partition coefficient (Wildman–Crippen LogP) is 4.50. The van der Waals surface area contributed by atoms with Crippen molar-refractivity contribution in [2.45, 2.75) is 69.3 Å². The lowest BCUT2D eigenvalue weighted by molar-refractivity contribution is -0.145. The van der Waals surface area contributed by atoms with Gasteiger partial charge in [-0.05, 0) is 80.4 Å². The Morgan fingerprint density at radius 3 is 2.54 bits per heavy atom. The second-order valence-corrected chi connectivity index (χ2v) is 11.4. The van der Waals surface area contributed by atoms with Crippen LogP contribution in [0, 0.1) is 5.41 Å². The van der Waals surface area contributed by atoms with Crippen LogP contribution >= 0.6 is 0 Å². The summed E-state index contributed by atoms with van der Waals surface area (Å²) in [6.07, 6.45) is 0.760. The van der Waals surface area contributed by atoms with Crippen LogP contribution in [0.2, 0.25) is 0 Å². The molecule has 3 atom stereocenters. The monoisotopic (exact) mass is 543 g/mol. The molecule has 2 saturated heterocycles. The fraction of sp³-hybridized carbons (Fsp3) is 0.552. The zero-order valence-corrected chi connectivity index (χ0v) is 21.6. The maximum absolute atomic E-state index is 14.0. The molecular formula is C29H32F3N3O4. The first-order valence-electron chi connectivity index (χ1n) is 13.7. The molecule has 1 amide bonds. The number of amides is 1. The quantitative estimate of drug-likeness (QED) is 0.612. The summed E-state index contributed by atoms with van der Waals surface area (Å²) in [4.78, 5) is 33.4. The highest BCUT2D eigenvalue weighted by atomic mass is 19.4. The normalized spacial score (nSPS) is 27.8. The van der Waals surface area contributed by atoms with Gasteiger partial charge in [-0.2, -0.15) is 13.2 Å². The number of hydrogen-bond acceptors (Lipinski definition) is 5. The van der Waals surface area contributed by atoms with Crippen LogP contribution in [-0.4, -0.2) is 70.2 Å². The largest absolute Gasteiger partial charge is 0.478 e. The van der Waals surface area contributed by atoms with Gasteiger partial charge < -0.3 is 19.6 Å². The minimum atomic E-state index is -4.47. The summed E-state index contributed by atoms with van der Waals surface area (Å²) >= 11 is 0. The Morgan fingerprint density at radius 1 is 1.10 bits per heavy atom. The van der Waals surface area contributed by atoms with Gasteiger partial charge in [0.05, 0.1) is 22.6 Å². The van der Waals surface area contributed by atoms with Crippen molar-refractivity contribution in [3.8, 4) is 0 Å². The minimum absolute atomic E-state index is 0.00367. The molecule has 6 rings (SSSR count). The molecule has 0 spiro atoms. The smallest absolute Gasteiger partial charge is 0.417 e. The highest BCUT2D eigenvalue weighted by molar-refractivity contribution is 5.87. The number of pyridine rings is 1. The fourth-order valence-electron chi connectivity index (χ4n) is 7.16. The maximum Gasteiger partial charge on any atom is 0.417 e. The summed E-state index contributed by atoms with van der Waals surface area (Å²) in [6.45, 7) is 2.93. The molecule has 3 fully saturated rings. The molecule has 39 heavy (non-hydrogen) atoms. The molecule has 1 aromatic carbocycles. The molecule has 1 aromatic heterocycles. The van der Waals surface area contributed by atoms with E-state index >= 15 is 0 Å². The van der Waals surface area contributed by atoms with Crippen LogP contribution in [-0.2, 0) is 28.7 Å². The molecule has 208 valence electrons. The number of piperidine rings is 1. The van der Waals surface area contributed by atoms with Gasteiger partial charge in [-0.25, -0.2) is 4.79 Å². The molecule has 1 aliphatic carbocycles. The third-order valence-corrected chi connectivity index (χ3v) is 9.32. The summed E-state index contributed by atoms with van der Waals surface area (Å²) in [6, 6.07) is 8.51. The van der Waals surface area contributed by atoms with Crippen molar-refractivity contribution in [3.05, 3.63) is 64.5 Å². The number of halogens is 3. The Bertz CT molecular complexity index is 1260. The second kappa shape index (κ2) is 9.89. The van der Waals surface area contributed by atoms with E-state index in [4.69, 9.17) is 9.84 Å². The molecule has 7 nitrogen and oxygen atoms in total. The molecule has 4 heterocycles. The molecule has 1 saturated carbocycles. The van der Waals surface area contributed by atoms with Gasteiger partial charge in [0.15, 0.2) is 0 Å². The van der Waals surface area contributed by atoms with Crippen LogP contribution in [0.25, 0.3) is 0 Å². The first-order valence-corrected chi connectivity index (χ1v) is 13.7. The van der Waals surface area contributed by atoms with E-state index in [0.29, 0.717) is 49.6 Å². The highest BCUT2D eigenvalue weighted by Gasteiger charge is 2.58. The van der Waals surface area contributed by atoms with Crippen LogP contribution in [0.4, 0.5) is 13.2 Å². The summed E-state index contributed by atoms with van der Waals surface area (Å²) in [5, 5.41) is 9.15. The number of likely N-dealkylation sites (tertiary alicyclic amines) is 1. The number of benzene rings is 1. The number of carboxylic acids is 1. The number of fused-ring (bicyclic) bond motifs is 2. The average molecular weight is 544 g/mol. The van der Waals surface area contributed by atoms with Gasteiger partial charge >= 0.3 is 12.1 Å². The zero-order valence-electron chi connectivity index (χ0n) is 21.6. The first kappa shape index (κ1) is 26.3. The molecule has 0 radical (unpaired) electrons. The van der Waals surface area contributed by atoms with E-state index < -0.39 is 23.1 Å². The van der Waals surface area contributed by atoms with Gasteiger partial charge in [0.2, 0.25) is 5.91 Å². The van der Waals surface area contributed by atoms with Gasteiger partial charge in [0.25, 0.3) is 0 Å². The number of aromatic carboxylic acids is 1. The van der Waals surface area contributed by atoms with Gasteiger partial charge in [-0.15, -0.1) is 0 Å². The molecule has 3 aliphatic heterocycles. The number of carboxylic acid groups (broad SMARTS) is 1. The van der Waals surface area contributed by atoms with E-state index in [1.165, 1.54) is 0 Å². The summed E-state index contributed by atoms with van der Waals surface area (Å²) in [5.41, 5.74) is 1.15. The molecule has 10 heteroatoms. The summed E-state index contributed by atoms with van der Waals surface area (Å²) in [5.74, 6) is -0.547. The van der Waals surface area contributed by atoms with Crippen LogP contribution in [0.1, 0.15) is 70.8 Å². The second-order valence-electron chi connectivity index (χ2n) is 11.4. The third-order valence-electron chi connectivity index (χ3n) is 9.32. The summed E-state index contributed by atoms with van der Waals surface area (Å²) < 4.78 is 45.9. The van der Waals surface area contributed by atoms with Crippen molar-refractivity contribution in [1.82, 2.24) is 14.8 Å². The third kappa shape index (κ3) is 4.82. The van der Waals surface area contributed by atoms with E-state index in [0.717, 1.165) is 50.2 Å². The number of carbonyl (C=O) groups is 2. The molecular weight excluding hydrogens is 511 g/mol. The minimum Gasteiger partial charge on any atom is -0.478 e.